The quantitative estimate of drug-likeness (QED) is 0.635. The topological polar surface area (TPSA) is 20.3 Å². The SMILES string of the molecule is BC(C)(C)CC(C)C(=O)N(C)CC(C)CC. The molecule has 0 spiro atoms. The molecule has 2 nitrogen and oxygen atoms in total. The van der Waals surface area contributed by atoms with Crippen LogP contribution in [-0.2, 0) is 4.79 Å². The van der Waals surface area contributed by atoms with E-state index in [-0.39, 0.29) is 17.1 Å². The second kappa shape index (κ2) is 6.31. The lowest BCUT2D eigenvalue weighted by Gasteiger charge is -2.28. The van der Waals surface area contributed by atoms with Gasteiger partial charge >= 0.3 is 0 Å². The van der Waals surface area contributed by atoms with Gasteiger partial charge in [-0.05, 0) is 12.3 Å². The summed E-state index contributed by atoms with van der Waals surface area (Å²) in [4.78, 5) is 14.0. The first-order valence-electron chi connectivity index (χ1n) is 6.42. The molecule has 0 saturated heterocycles. The highest BCUT2D eigenvalue weighted by molar-refractivity contribution is 6.14. The van der Waals surface area contributed by atoms with Crippen molar-refractivity contribution in [3.63, 3.8) is 0 Å². The molecule has 0 heterocycles. The third-order valence-electron chi connectivity index (χ3n) is 3.00. The second-order valence-electron chi connectivity index (χ2n) is 6.40. The molecule has 1 amide bonds. The van der Waals surface area contributed by atoms with E-state index in [0.717, 1.165) is 19.4 Å². The van der Waals surface area contributed by atoms with Crippen molar-refractivity contribution in [1.29, 1.82) is 0 Å². The maximum atomic E-state index is 12.1. The van der Waals surface area contributed by atoms with Gasteiger partial charge in [0.2, 0.25) is 5.91 Å². The monoisotopic (exact) mass is 225 g/mol. The standard InChI is InChI=1S/C13H28BNO/c1-7-10(2)9-15(6)12(16)11(3)8-13(4,5)14/h10-11H,7-9,14H2,1-6H3. The maximum absolute atomic E-state index is 12.1. The molecule has 0 fully saturated rings. The molecule has 0 radical (unpaired) electrons. The molecule has 0 aromatic heterocycles. The summed E-state index contributed by atoms with van der Waals surface area (Å²) in [6, 6.07) is 0. The van der Waals surface area contributed by atoms with E-state index in [9.17, 15) is 4.79 Å². The minimum absolute atomic E-state index is 0.133. The van der Waals surface area contributed by atoms with E-state index in [2.05, 4.69) is 35.5 Å². The van der Waals surface area contributed by atoms with Gasteiger partial charge in [-0.15, -0.1) is 0 Å². The van der Waals surface area contributed by atoms with Gasteiger partial charge in [-0.1, -0.05) is 46.4 Å². The molecule has 0 aromatic carbocycles. The predicted octanol–water partition coefficient (Wildman–Crippen LogP) is 2.35. The van der Waals surface area contributed by atoms with E-state index >= 15 is 0 Å². The Hall–Kier alpha value is -0.465. The van der Waals surface area contributed by atoms with Crippen LogP contribution < -0.4 is 0 Å². The molecular formula is C13H28BNO. The summed E-state index contributed by atoms with van der Waals surface area (Å²) in [7, 11) is 4.11. The third kappa shape index (κ3) is 6.19. The highest BCUT2D eigenvalue weighted by Crippen LogP contribution is 2.29. The van der Waals surface area contributed by atoms with Crippen LogP contribution in [0.5, 0.6) is 0 Å². The minimum Gasteiger partial charge on any atom is -0.345 e. The van der Waals surface area contributed by atoms with Crippen molar-refractivity contribution in [3.8, 4) is 0 Å². The van der Waals surface area contributed by atoms with Crippen molar-refractivity contribution in [2.24, 2.45) is 11.8 Å². The number of nitrogens with zero attached hydrogens (tertiary/aromatic N) is 1. The van der Waals surface area contributed by atoms with Crippen molar-refractivity contribution < 1.29 is 4.79 Å². The fourth-order valence-electron chi connectivity index (χ4n) is 2.07. The van der Waals surface area contributed by atoms with Crippen LogP contribution in [0.3, 0.4) is 0 Å². The molecule has 0 N–H and O–H groups in total. The van der Waals surface area contributed by atoms with E-state index in [1.165, 1.54) is 0 Å². The first-order valence-corrected chi connectivity index (χ1v) is 6.42. The largest absolute Gasteiger partial charge is 0.345 e. The van der Waals surface area contributed by atoms with Crippen molar-refractivity contribution in [3.05, 3.63) is 0 Å². The lowest BCUT2D eigenvalue weighted by molar-refractivity contribution is -0.134. The molecule has 0 saturated carbocycles. The van der Waals surface area contributed by atoms with E-state index < -0.39 is 0 Å². The van der Waals surface area contributed by atoms with Crippen LogP contribution in [0.15, 0.2) is 0 Å². The Bertz CT molecular complexity index is 222. The fraction of sp³-hybridized carbons (Fsp3) is 0.923. The van der Waals surface area contributed by atoms with Gasteiger partial charge in [0.25, 0.3) is 0 Å². The number of carbonyl (C=O) groups excluding carboxylic acids is 1. The molecule has 2 unspecified atom stereocenters. The zero-order valence-corrected chi connectivity index (χ0v) is 12.1. The van der Waals surface area contributed by atoms with Gasteiger partial charge in [-0.2, -0.15) is 0 Å². The van der Waals surface area contributed by atoms with Gasteiger partial charge in [0.15, 0.2) is 0 Å². The lowest BCUT2D eigenvalue weighted by atomic mass is 9.67. The molecule has 0 aliphatic carbocycles. The van der Waals surface area contributed by atoms with Crippen molar-refractivity contribution >= 4 is 13.8 Å². The molecule has 0 aliphatic heterocycles. The van der Waals surface area contributed by atoms with Crippen LogP contribution in [0.25, 0.3) is 0 Å². The molecule has 3 heteroatoms. The summed E-state index contributed by atoms with van der Waals surface area (Å²) in [6.07, 6.45) is 2.09. The van der Waals surface area contributed by atoms with E-state index in [4.69, 9.17) is 0 Å². The zero-order valence-electron chi connectivity index (χ0n) is 12.1. The van der Waals surface area contributed by atoms with E-state index in [0.29, 0.717) is 5.92 Å². The van der Waals surface area contributed by atoms with Crippen molar-refractivity contribution in [1.82, 2.24) is 4.90 Å². The summed E-state index contributed by atoms with van der Waals surface area (Å²) < 4.78 is 0. The second-order valence-corrected chi connectivity index (χ2v) is 6.40. The third-order valence-corrected chi connectivity index (χ3v) is 3.00. The Labute approximate surface area is 102 Å². The number of hydrogen-bond acceptors (Lipinski definition) is 1. The van der Waals surface area contributed by atoms with Crippen LogP contribution in [0, 0.1) is 11.8 Å². The molecule has 0 rings (SSSR count). The molecule has 2 atom stereocenters. The van der Waals surface area contributed by atoms with Crippen LogP contribution >= 0.6 is 0 Å². The number of rotatable bonds is 6. The zero-order chi connectivity index (χ0) is 12.9. The molecule has 16 heavy (non-hydrogen) atoms. The van der Waals surface area contributed by atoms with Gasteiger partial charge < -0.3 is 4.90 Å². The van der Waals surface area contributed by atoms with Crippen LogP contribution in [-0.4, -0.2) is 32.2 Å². The minimum atomic E-state index is 0.133. The molecule has 0 bridgehead atoms. The average molecular weight is 225 g/mol. The predicted molar refractivity (Wildman–Crippen MR) is 73.5 cm³/mol. The fourth-order valence-corrected chi connectivity index (χ4v) is 2.07. The van der Waals surface area contributed by atoms with Crippen LogP contribution in [0.2, 0.25) is 5.31 Å². The normalized spacial score (nSPS) is 15.6. The molecular weight excluding hydrogens is 197 g/mol. The highest BCUT2D eigenvalue weighted by atomic mass is 16.2. The van der Waals surface area contributed by atoms with Gasteiger partial charge in [-0.25, -0.2) is 0 Å². The Morgan fingerprint density at radius 2 is 1.88 bits per heavy atom. The smallest absolute Gasteiger partial charge is 0.225 e. The summed E-state index contributed by atoms with van der Waals surface area (Å²) in [5.41, 5.74) is 0. The molecule has 0 aliphatic rings. The molecule has 0 aromatic rings. The highest BCUT2D eigenvalue weighted by Gasteiger charge is 2.23. The Morgan fingerprint density at radius 1 is 1.38 bits per heavy atom. The van der Waals surface area contributed by atoms with Gasteiger partial charge in [0.05, 0.1) is 0 Å². The molecule has 94 valence electrons. The van der Waals surface area contributed by atoms with Crippen LogP contribution in [0.1, 0.15) is 47.5 Å². The van der Waals surface area contributed by atoms with Gasteiger partial charge in [0.1, 0.15) is 7.85 Å². The summed E-state index contributed by atoms with van der Waals surface area (Å²) >= 11 is 0. The van der Waals surface area contributed by atoms with Gasteiger partial charge in [0, 0.05) is 19.5 Å². The summed E-state index contributed by atoms with van der Waals surface area (Å²) in [5.74, 6) is 1.01. The Balaban J connectivity index is 4.22. The summed E-state index contributed by atoms with van der Waals surface area (Å²) in [6.45, 7) is 11.7. The number of amides is 1. The van der Waals surface area contributed by atoms with E-state index in [1.54, 1.807) is 0 Å². The first kappa shape index (κ1) is 15.5. The first-order chi connectivity index (χ1) is 7.17. The van der Waals surface area contributed by atoms with E-state index in [1.807, 2.05) is 18.9 Å². The van der Waals surface area contributed by atoms with Crippen molar-refractivity contribution in [2.45, 2.75) is 52.8 Å². The van der Waals surface area contributed by atoms with Gasteiger partial charge in [-0.3, -0.25) is 4.79 Å². The van der Waals surface area contributed by atoms with Crippen molar-refractivity contribution in [2.75, 3.05) is 13.6 Å². The number of carbonyl (C=O) groups is 1. The summed E-state index contributed by atoms with van der Waals surface area (Å²) in [5, 5.41) is 0.228. The average Bonchev–Trinajstić information content (AvgIpc) is 2.13. The lowest BCUT2D eigenvalue weighted by Crippen LogP contribution is -2.35. The number of hydrogen-bond donors (Lipinski definition) is 0. The maximum Gasteiger partial charge on any atom is 0.225 e. The van der Waals surface area contributed by atoms with Crippen LogP contribution in [0.4, 0.5) is 0 Å². The Morgan fingerprint density at radius 3 is 2.25 bits per heavy atom. The Kier molecular flexibility index (Phi) is 6.13.